The molecule has 2 saturated carbocycles. The fourth-order valence-electron chi connectivity index (χ4n) is 3.03. The first-order chi connectivity index (χ1) is 7.28. The van der Waals surface area contributed by atoms with Crippen molar-refractivity contribution < 1.29 is 0 Å². The van der Waals surface area contributed by atoms with Gasteiger partial charge in [0.1, 0.15) is 0 Å². The van der Waals surface area contributed by atoms with Crippen molar-refractivity contribution in [2.24, 2.45) is 11.8 Å². The lowest BCUT2D eigenvalue weighted by Crippen LogP contribution is -2.40. The molecule has 1 nitrogen and oxygen atoms in total. The Bertz CT molecular complexity index is 184. The van der Waals surface area contributed by atoms with E-state index in [1.54, 1.807) is 0 Å². The van der Waals surface area contributed by atoms with Crippen LogP contribution in [0.15, 0.2) is 0 Å². The zero-order chi connectivity index (χ0) is 10.7. The van der Waals surface area contributed by atoms with Gasteiger partial charge in [0.05, 0.1) is 0 Å². The quantitative estimate of drug-likeness (QED) is 0.727. The number of nitrogens with one attached hydrogen (secondary N) is 1. The maximum atomic E-state index is 3.91. The third-order valence-corrected chi connectivity index (χ3v) is 4.22. The van der Waals surface area contributed by atoms with Crippen molar-refractivity contribution >= 4 is 0 Å². The molecule has 0 heterocycles. The van der Waals surface area contributed by atoms with Crippen molar-refractivity contribution in [2.45, 2.75) is 77.3 Å². The van der Waals surface area contributed by atoms with Crippen LogP contribution < -0.4 is 5.32 Å². The van der Waals surface area contributed by atoms with Crippen molar-refractivity contribution in [3.8, 4) is 0 Å². The molecule has 0 aromatic heterocycles. The van der Waals surface area contributed by atoms with Crippen molar-refractivity contribution in [3.63, 3.8) is 0 Å². The molecular formula is C14H27N. The van der Waals surface area contributed by atoms with Gasteiger partial charge in [-0.25, -0.2) is 0 Å². The molecule has 0 amide bonds. The second-order valence-corrected chi connectivity index (χ2v) is 5.92. The van der Waals surface area contributed by atoms with E-state index < -0.39 is 0 Å². The summed E-state index contributed by atoms with van der Waals surface area (Å²) >= 11 is 0. The van der Waals surface area contributed by atoms with E-state index in [2.05, 4.69) is 19.2 Å². The van der Waals surface area contributed by atoms with E-state index >= 15 is 0 Å². The molecule has 2 aliphatic rings. The number of rotatable bonds is 5. The molecule has 1 N–H and O–H groups in total. The summed E-state index contributed by atoms with van der Waals surface area (Å²) in [6.07, 6.45) is 11.5. The second kappa shape index (κ2) is 5.34. The van der Waals surface area contributed by atoms with Gasteiger partial charge >= 0.3 is 0 Å². The van der Waals surface area contributed by atoms with Crippen LogP contribution in [0.1, 0.15) is 65.2 Å². The molecule has 0 aromatic rings. The van der Waals surface area contributed by atoms with E-state index in [1.165, 1.54) is 51.4 Å². The lowest BCUT2D eigenvalue weighted by Gasteiger charge is -2.31. The monoisotopic (exact) mass is 209 g/mol. The van der Waals surface area contributed by atoms with Gasteiger partial charge in [-0.15, -0.1) is 0 Å². The predicted octanol–water partition coefficient (Wildman–Crippen LogP) is 3.73. The highest BCUT2D eigenvalue weighted by Crippen LogP contribution is 2.34. The van der Waals surface area contributed by atoms with E-state index in [0.29, 0.717) is 0 Å². The normalized spacial score (nSPS) is 34.0. The molecule has 2 fully saturated rings. The Kier molecular flexibility index (Phi) is 4.07. The van der Waals surface area contributed by atoms with Gasteiger partial charge in [0, 0.05) is 12.1 Å². The lowest BCUT2D eigenvalue weighted by atomic mass is 9.86. The van der Waals surface area contributed by atoms with Gasteiger partial charge in [0.15, 0.2) is 0 Å². The second-order valence-electron chi connectivity index (χ2n) is 5.92. The molecule has 0 aromatic carbocycles. The van der Waals surface area contributed by atoms with Gasteiger partial charge in [-0.1, -0.05) is 39.5 Å². The zero-order valence-corrected chi connectivity index (χ0v) is 10.5. The molecule has 1 heteroatoms. The Morgan fingerprint density at radius 3 is 2.60 bits per heavy atom. The fourth-order valence-corrected chi connectivity index (χ4v) is 3.03. The van der Waals surface area contributed by atoms with Crippen LogP contribution >= 0.6 is 0 Å². The Morgan fingerprint density at radius 1 is 1.20 bits per heavy atom. The molecule has 15 heavy (non-hydrogen) atoms. The van der Waals surface area contributed by atoms with Crippen LogP contribution in [0.25, 0.3) is 0 Å². The molecule has 3 atom stereocenters. The first kappa shape index (κ1) is 11.4. The van der Waals surface area contributed by atoms with E-state index in [9.17, 15) is 0 Å². The molecular weight excluding hydrogens is 182 g/mol. The van der Waals surface area contributed by atoms with Crippen LogP contribution in [-0.2, 0) is 0 Å². The van der Waals surface area contributed by atoms with Crippen molar-refractivity contribution in [3.05, 3.63) is 0 Å². The molecule has 2 rings (SSSR count). The topological polar surface area (TPSA) is 12.0 Å². The molecule has 0 bridgehead atoms. The minimum Gasteiger partial charge on any atom is -0.311 e. The SMILES string of the molecule is CCC(CC1CC1)NC1CCCC(C)C1. The van der Waals surface area contributed by atoms with Crippen molar-refractivity contribution in [1.82, 2.24) is 5.32 Å². The van der Waals surface area contributed by atoms with E-state index in [-0.39, 0.29) is 0 Å². The van der Waals surface area contributed by atoms with Crippen LogP contribution in [0.2, 0.25) is 0 Å². The molecule has 0 radical (unpaired) electrons. The molecule has 88 valence electrons. The summed E-state index contributed by atoms with van der Waals surface area (Å²) in [5.41, 5.74) is 0. The summed E-state index contributed by atoms with van der Waals surface area (Å²) in [5, 5.41) is 3.91. The van der Waals surface area contributed by atoms with Crippen LogP contribution in [0.5, 0.6) is 0 Å². The average Bonchev–Trinajstić information content (AvgIpc) is 3.01. The van der Waals surface area contributed by atoms with Gasteiger partial charge < -0.3 is 5.32 Å². The van der Waals surface area contributed by atoms with Crippen molar-refractivity contribution in [2.75, 3.05) is 0 Å². The summed E-state index contributed by atoms with van der Waals surface area (Å²) in [4.78, 5) is 0. The first-order valence-corrected chi connectivity index (χ1v) is 7.04. The van der Waals surface area contributed by atoms with Gasteiger partial charge in [-0.05, 0) is 37.5 Å². The fraction of sp³-hybridized carbons (Fsp3) is 1.00. The Morgan fingerprint density at radius 2 is 2.00 bits per heavy atom. The molecule has 0 spiro atoms. The summed E-state index contributed by atoms with van der Waals surface area (Å²) in [7, 11) is 0. The van der Waals surface area contributed by atoms with E-state index in [4.69, 9.17) is 0 Å². The van der Waals surface area contributed by atoms with Crippen LogP contribution in [0, 0.1) is 11.8 Å². The number of hydrogen-bond acceptors (Lipinski definition) is 1. The Labute approximate surface area is 95.0 Å². The number of hydrogen-bond donors (Lipinski definition) is 1. The third-order valence-electron chi connectivity index (χ3n) is 4.22. The highest BCUT2D eigenvalue weighted by atomic mass is 15.0. The van der Waals surface area contributed by atoms with Crippen LogP contribution in [0.3, 0.4) is 0 Å². The summed E-state index contributed by atoms with van der Waals surface area (Å²) in [5.74, 6) is 2.03. The van der Waals surface area contributed by atoms with Gasteiger partial charge in [-0.2, -0.15) is 0 Å². The molecule has 0 aliphatic heterocycles. The Hall–Kier alpha value is -0.0400. The molecule has 3 unspecified atom stereocenters. The summed E-state index contributed by atoms with van der Waals surface area (Å²) in [6, 6.07) is 1.64. The zero-order valence-electron chi connectivity index (χ0n) is 10.5. The van der Waals surface area contributed by atoms with Crippen LogP contribution in [0.4, 0.5) is 0 Å². The van der Waals surface area contributed by atoms with Gasteiger partial charge in [0.25, 0.3) is 0 Å². The lowest BCUT2D eigenvalue weighted by molar-refractivity contribution is 0.269. The van der Waals surface area contributed by atoms with Gasteiger partial charge in [-0.3, -0.25) is 0 Å². The van der Waals surface area contributed by atoms with Crippen LogP contribution in [-0.4, -0.2) is 12.1 Å². The smallest absolute Gasteiger partial charge is 0.00721 e. The summed E-state index contributed by atoms with van der Waals surface area (Å²) < 4.78 is 0. The minimum absolute atomic E-state index is 0.813. The molecule has 2 aliphatic carbocycles. The largest absolute Gasteiger partial charge is 0.311 e. The molecule has 0 saturated heterocycles. The van der Waals surface area contributed by atoms with E-state index in [1.807, 2.05) is 0 Å². The average molecular weight is 209 g/mol. The highest BCUT2D eigenvalue weighted by Gasteiger charge is 2.27. The summed E-state index contributed by atoms with van der Waals surface area (Å²) in [6.45, 7) is 4.75. The first-order valence-electron chi connectivity index (χ1n) is 7.04. The third kappa shape index (κ3) is 3.79. The maximum Gasteiger partial charge on any atom is 0.00721 e. The highest BCUT2D eigenvalue weighted by molar-refractivity contribution is 4.84. The van der Waals surface area contributed by atoms with Gasteiger partial charge in [0.2, 0.25) is 0 Å². The Balaban J connectivity index is 1.72. The standard InChI is InChI=1S/C14H27N/c1-3-13(10-12-7-8-12)15-14-6-4-5-11(2)9-14/h11-15H,3-10H2,1-2H3. The maximum absolute atomic E-state index is 3.91. The predicted molar refractivity (Wildman–Crippen MR) is 66.0 cm³/mol. The van der Waals surface area contributed by atoms with E-state index in [0.717, 1.165) is 23.9 Å². The minimum atomic E-state index is 0.813. The van der Waals surface area contributed by atoms with Crippen molar-refractivity contribution in [1.29, 1.82) is 0 Å².